The molecule has 0 aliphatic heterocycles. The molecule has 4 rings (SSSR count). The summed E-state index contributed by atoms with van der Waals surface area (Å²) in [4.78, 5) is 8.04. The molecule has 4 aromatic rings. The van der Waals surface area contributed by atoms with Gasteiger partial charge in [0, 0.05) is 11.8 Å². The minimum absolute atomic E-state index is 0.0921. The van der Waals surface area contributed by atoms with Crippen molar-refractivity contribution in [3.63, 3.8) is 0 Å². The third-order valence-electron chi connectivity index (χ3n) is 4.73. The number of halogens is 2. The monoisotopic (exact) mass is 376 g/mol. The number of benzene rings is 1. The predicted octanol–water partition coefficient (Wildman–Crippen LogP) is 4.93. The van der Waals surface area contributed by atoms with E-state index in [0.29, 0.717) is 5.69 Å². The standard InChI is InChI=1S/C22H18F2N4/c1-22(2,18-10-6-9-16(25-18)15-7-4-3-5-8-15)19-13-14-28(27-19)17-11-12-20(23)26-21(17)24/h3-14H,1-2H3. The van der Waals surface area contributed by atoms with Crippen molar-refractivity contribution in [1.82, 2.24) is 19.7 Å². The molecular formula is C22H18F2N4. The Morgan fingerprint density at radius 2 is 1.57 bits per heavy atom. The molecule has 0 aliphatic carbocycles. The lowest BCUT2D eigenvalue weighted by molar-refractivity contribution is 0.503. The first-order chi connectivity index (χ1) is 13.4. The SMILES string of the molecule is CC(C)(c1cccc(-c2ccccc2)n1)c1ccn(-c2ccc(F)nc2F)n1. The summed E-state index contributed by atoms with van der Waals surface area (Å²) >= 11 is 0. The van der Waals surface area contributed by atoms with Crippen LogP contribution in [-0.4, -0.2) is 19.7 Å². The summed E-state index contributed by atoms with van der Waals surface area (Å²) in [5.74, 6) is -1.77. The van der Waals surface area contributed by atoms with E-state index in [4.69, 9.17) is 4.98 Å². The Bertz CT molecular complexity index is 1120. The van der Waals surface area contributed by atoms with Crippen molar-refractivity contribution in [2.24, 2.45) is 0 Å². The maximum absolute atomic E-state index is 14.0. The highest BCUT2D eigenvalue weighted by atomic mass is 19.1. The zero-order chi connectivity index (χ0) is 19.7. The van der Waals surface area contributed by atoms with Crippen molar-refractivity contribution < 1.29 is 8.78 Å². The van der Waals surface area contributed by atoms with Crippen molar-refractivity contribution in [2.75, 3.05) is 0 Å². The van der Waals surface area contributed by atoms with Crippen LogP contribution >= 0.6 is 0 Å². The second-order valence-corrected chi connectivity index (χ2v) is 6.99. The predicted molar refractivity (Wildman–Crippen MR) is 103 cm³/mol. The van der Waals surface area contributed by atoms with Crippen LogP contribution in [0.1, 0.15) is 25.2 Å². The minimum Gasteiger partial charge on any atom is -0.252 e. The van der Waals surface area contributed by atoms with Crippen LogP contribution in [0, 0.1) is 11.9 Å². The van der Waals surface area contributed by atoms with Crippen molar-refractivity contribution >= 4 is 0 Å². The van der Waals surface area contributed by atoms with Gasteiger partial charge in [0.25, 0.3) is 0 Å². The van der Waals surface area contributed by atoms with E-state index in [-0.39, 0.29) is 5.69 Å². The molecule has 4 nitrogen and oxygen atoms in total. The molecule has 3 heterocycles. The van der Waals surface area contributed by atoms with Crippen molar-refractivity contribution in [2.45, 2.75) is 19.3 Å². The summed E-state index contributed by atoms with van der Waals surface area (Å²) in [6.45, 7) is 4.02. The summed E-state index contributed by atoms with van der Waals surface area (Å²) in [6, 6.07) is 20.0. The van der Waals surface area contributed by atoms with Crippen LogP contribution in [0.5, 0.6) is 0 Å². The lowest BCUT2D eigenvalue weighted by Crippen LogP contribution is -2.22. The molecular weight excluding hydrogens is 358 g/mol. The average Bonchev–Trinajstić information content (AvgIpc) is 3.19. The highest BCUT2D eigenvalue weighted by Gasteiger charge is 2.28. The first-order valence-corrected chi connectivity index (χ1v) is 8.87. The van der Waals surface area contributed by atoms with Gasteiger partial charge in [-0.15, -0.1) is 0 Å². The molecule has 0 unspecified atom stereocenters. The number of aromatic nitrogens is 4. The molecule has 0 atom stereocenters. The summed E-state index contributed by atoms with van der Waals surface area (Å²) in [7, 11) is 0. The molecule has 0 amide bonds. The van der Waals surface area contributed by atoms with E-state index in [1.807, 2.05) is 62.4 Å². The van der Waals surface area contributed by atoms with Crippen LogP contribution < -0.4 is 0 Å². The first-order valence-electron chi connectivity index (χ1n) is 8.87. The van der Waals surface area contributed by atoms with Crippen LogP contribution in [0.2, 0.25) is 0 Å². The average molecular weight is 376 g/mol. The van der Waals surface area contributed by atoms with Crippen LogP contribution in [-0.2, 0) is 5.41 Å². The van der Waals surface area contributed by atoms with E-state index in [9.17, 15) is 8.78 Å². The highest BCUT2D eigenvalue weighted by Crippen LogP contribution is 2.31. The molecule has 0 saturated carbocycles. The molecule has 6 heteroatoms. The first kappa shape index (κ1) is 18.0. The third kappa shape index (κ3) is 3.29. The highest BCUT2D eigenvalue weighted by molar-refractivity contribution is 5.59. The van der Waals surface area contributed by atoms with E-state index in [2.05, 4.69) is 10.1 Å². The normalized spacial score (nSPS) is 11.6. The van der Waals surface area contributed by atoms with Crippen molar-refractivity contribution in [1.29, 1.82) is 0 Å². The van der Waals surface area contributed by atoms with Crippen LogP contribution in [0.4, 0.5) is 8.78 Å². The molecule has 0 aliphatic rings. The molecule has 0 spiro atoms. The van der Waals surface area contributed by atoms with Crippen LogP contribution in [0.25, 0.3) is 16.9 Å². The van der Waals surface area contributed by atoms with Gasteiger partial charge >= 0.3 is 0 Å². The Balaban J connectivity index is 1.71. The maximum atomic E-state index is 14.0. The van der Waals surface area contributed by atoms with E-state index >= 15 is 0 Å². The molecule has 0 fully saturated rings. The Kier molecular flexibility index (Phi) is 4.47. The van der Waals surface area contributed by atoms with Gasteiger partial charge < -0.3 is 0 Å². The third-order valence-corrected chi connectivity index (χ3v) is 4.73. The molecule has 0 radical (unpaired) electrons. The van der Waals surface area contributed by atoms with Gasteiger partial charge in [-0.3, -0.25) is 4.98 Å². The summed E-state index contributed by atoms with van der Waals surface area (Å²) in [6.07, 6.45) is 1.64. The fourth-order valence-electron chi connectivity index (χ4n) is 3.05. The fraction of sp³-hybridized carbons (Fsp3) is 0.136. The molecule has 1 aromatic carbocycles. The fourth-order valence-corrected chi connectivity index (χ4v) is 3.05. The second kappa shape index (κ2) is 6.96. The number of nitrogens with zero attached hydrogens (tertiary/aromatic N) is 4. The van der Waals surface area contributed by atoms with Gasteiger partial charge in [0.05, 0.1) is 22.5 Å². The zero-order valence-corrected chi connectivity index (χ0v) is 15.5. The molecule has 0 saturated heterocycles. The van der Waals surface area contributed by atoms with Gasteiger partial charge in [-0.1, -0.05) is 36.4 Å². The molecule has 0 N–H and O–H groups in total. The van der Waals surface area contributed by atoms with Crippen molar-refractivity contribution in [3.05, 3.63) is 96.2 Å². The molecule has 3 aromatic heterocycles. The summed E-state index contributed by atoms with van der Waals surface area (Å²) in [5.41, 5.74) is 3.05. The molecule has 140 valence electrons. The largest absolute Gasteiger partial charge is 0.252 e. The van der Waals surface area contributed by atoms with Crippen LogP contribution in [0.15, 0.2) is 72.9 Å². The minimum atomic E-state index is -0.906. The Labute approximate surface area is 161 Å². The van der Waals surface area contributed by atoms with Gasteiger partial charge in [-0.25, -0.2) is 4.68 Å². The van der Waals surface area contributed by atoms with Gasteiger partial charge in [-0.05, 0) is 44.2 Å². The molecule has 28 heavy (non-hydrogen) atoms. The van der Waals surface area contributed by atoms with Crippen LogP contribution in [0.3, 0.4) is 0 Å². The Morgan fingerprint density at radius 3 is 2.32 bits per heavy atom. The topological polar surface area (TPSA) is 43.6 Å². The van der Waals surface area contributed by atoms with E-state index < -0.39 is 17.3 Å². The smallest absolute Gasteiger partial charge is 0.241 e. The maximum Gasteiger partial charge on any atom is 0.241 e. The Hall–Kier alpha value is -3.41. The van der Waals surface area contributed by atoms with E-state index in [1.54, 1.807) is 12.3 Å². The number of hydrogen-bond acceptors (Lipinski definition) is 3. The summed E-state index contributed by atoms with van der Waals surface area (Å²) < 4.78 is 28.4. The van der Waals surface area contributed by atoms with Gasteiger partial charge in [0.1, 0.15) is 5.69 Å². The van der Waals surface area contributed by atoms with Gasteiger partial charge in [0.15, 0.2) is 0 Å². The second-order valence-electron chi connectivity index (χ2n) is 6.99. The van der Waals surface area contributed by atoms with Gasteiger partial charge in [0.2, 0.25) is 11.9 Å². The number of pyridine rings is 2. The van der Waals surface area contributed by atoms with E-state index in [1.165, 1.54) is 10.7 Å². The lowest BCUT2D eigenvalue weighted by atomic mass is 9.85. The quantitative estimate of drug-likeness (QED) is 0.474. The van der Waals surface area contributed by atoms with Crippen molar-refractivity contribution in [3.8, 4) is 16.9 Å². The van der Waals surface area contributed by atoms with E-state index in [0.717, 1.165) is 23.0 Å². The Morgan fingerprint density at radius 1 is 0.786 bits per heavy atom. The molecule has 0 bridgehead atoms. The lowest BCUT2D eigenvalue weighted by Gasteiger charge is -2.22. The number of hydrogen-bond donors (Lipinski definition) is 0. The summed E-state index contributed by atoms with van der Waals surface area (Å²) in [5, 5.41) is 4.50. The van der Waals surface area contributed by atoms with Gasteiger partial charge in [-0.2, -0.15) is 18.9 Å². The zero-order valence-electron chi connectivity index (χ0n) is 15.5. The number of rotatable bonds is 4.